The molecule has 0 aliphatic carbocycles. The second-order valence-electron chi connectivity index (χ2n) is 8.09. The van der Waals surface area contributed by atoms with Crippen LogP contribution >= 0.6 is 0 Å². The minimum Gasteiger partial charge on any atom is -0.460 e. The number of esters is 1. The van der Waals surface area contributed by atoms with E-state index in [1.54, 1.807) is 14.2 Å². The van der Waals surface area contributed by atoms with Crippen molar-refractivity contribution in [2.45, 2.75) is 71.8 Å². The molecule has 0 radical (unpaired) electrons. The zero-order chi connectivity index (χ0) is 21.3. The quantitative estimate of drug-likeness (QED) is 0.581. The molecule has 6 nitrogen and oxygen atoms in total. The summed E-state index contributed by atoms with van der Waals surface area (Å²) < 4.78 is 16.5. The largest absolute Gasteiger partial charge is 0.460 e. The Morgan fingerprint density at radius 3 is 2.25 bits per heavy atom. The van der Waals surface area contributed by atoms with Crippen molar-refractivity contribution in [2.75, 3.05) is 14.2 Å². The summed E-state index contributed by atoms with van der Waals surface area (Å²) in [7, 11) is 3.23. The minimum absolute atomic E-state index is 0.0685. The molecule has 1 aromatic carbocycles. The van der Waals surface area contributed by atoms with Crippen LogP contribution in [0, 0.1) is 5.92 Å². The van der Waals surface area contributed by atoms with Gasteiger partial charge < -0.3 is 19.1 Å². The van der Waals surface area contributed by atoms with E-state index >= 15 is 0 Å². The molecule has 0 heterocycles. The molecular formula is C22H35NO5. The van der Waals surface area contributed by atoms with Crippen molar-refractivity contribution in [1.29, 1.82) is 0 Å². The van der Waals surface area contributed by atoms with Crippen molar-refractivity contribution < 1.29 is 23.8 Å². The number of amides is 1. The Balaban J connectivity index is 2.85. The molecule has 0 bridgehead atoms. The standard InChI is InChI=1S/C22H35NO5/c1-8-16(2)20(18(26-7)14-19(24)28-22(3,4)5)23(6)21(25)27-15-17-12-10-9-11-13-17/h9-13,16,18,20H,8,14-15H2,1-7H3/t16-,18+,20-/m1/s1. The third-order valence-corrected chi connectivity index (χ3v) is 4.64. The normalized spacial score (nSPS) is 14.7. The van der Waals surface area contributed by atoms with Crippen LogP contribution in [0.3, 0.4) is 0 Å². The molecule has 158 valence electrons. The maximum absolute atomic E-state index is 12.6. The summed E-state index contributed by atoms with van der Waals surface area (Å²) in [6, 6.07) is 9.20. The Morgan fingerprint density at radius 1 is 1.14 bits per heavy atom. The average molecular weight is 394 g/mol. The maximum Gasteiger partial charge on any atom is 0.410 e. The average Bonchev–Trinajstić information content (AvgIpc) is 2.64. The van der Waals surface area contributed by atoms with E-state index in [-0.39, 0.29) is 31.0 Å². The Bertz CT molecular complexity index is 611. The number of nitrogens with zero attached hydrogens (tertiary/aromatic N) is 1. The van der Waals surface area contributed by atoms with Crippen molar-refractivity contribution in [2.24, 2.45) is 5.92 Å². The first-order valence-corrected chi connectivity index (χ1v) is 9.77. The van der Waals surface area contributed by atoms with Gasteiger partial charge in [0.2, 0.25) is 0 Å². The molecule has 0 saturated heterocycles. The monoisotopic (exact) mass is 393 g/mol. The molecule has 1 rings (SSSR count). The number of ether oxygens (including phenoxy) is 3. The fourth-order valence-corrected chi connectivity index (χ4v) is 3.07. The molecule has 28 heavy (non-hydrogen) atoms. The second-order valence-corrected chi connectivity index (χ2v) is 8.09. The summed E-state index contributed by atoms with van der Waals surface area (Å²) in [6.07, 6.45) is -0.0340. The van der Waals surface area contributed by atoms with Crippen LogP contribution < -0.4 is 0 Å². The van der Waals surface area contributed by atoms with Gasteiger partial charge in [0.25, 0.3) is 0 Å². The van der Waals surface area contributed by atoms with Crippen LogP contribution in [0.4, 0.5) is 4.79 Å². The van der Waals surface area contributed by atoms with Crippen LogP contribution in [0.15, 0.2) is 30.3 Å². The van der Waals surface area contributed by atoms with Gasteiger partial charge in [-0.2, -0.15) is 0 Å². The zero-order valence-corrected chi connectivity index (χ0v) is 18.2. The van der Waals surface area contributed by atoms with Gasteiger partial charge in [0.05, 0.1) is 18.6 Å². The predicted octanol–water partition coefficient (Wildman–Crippen LogP) is 4.42. The molecule has 0 saturated carbocycles. The van der Waals surface area contributed by atoms with Gasteiger partial charge in [-0.3, -0.25) is 4.79 Å². The number of methoxy groups -OCH3 is 1. The number of rotatable bonds is 9. The van der Waals surface area contributed by atoms with Crippen molar-refractivity contribution in [1.82, 2.24) is 4.90 Å². The van der Waals surface area contributed by atoms with Crippen molar-refractivity contribution in [3.8, 4) is 0 Å². The molecule has 1 amide bonds. The molecule has 3 atom stereocenters. The molecule has 0 aliphatic rings. The number of likely N-dealkylation sites (N-methyl/N-ethyl adjacent to an activating group) is 1. The molecule has 1 aromatic rings. The van der Waals surface area contributed by atoms with Crippen LogP contribution in [0.25, 0.3) is 0 Å². The van der Waals surface area contributed by atoms with Crippen LogP contribution in [-0.2, 0) is 25.6 Å². The number of hydrogen-bond donors (Lipinski definition) is 0. The van der Waals surface area contributed by atoms with Gasteiger partial charge >= 0.3 is 12.1 Å². The summed E-state index contributed by atoms with van der Waals surface area (Å²) in [6.45, 7) is 9.75. The number of carbonyl (C=O) groups excluding carboxylic acids is 2. The van der Waals surface area contributed by atoms with Gasteiger partial charge in [-0.1, -0.05) is 50.6 Å². The zero-order valence-electron chi connectivity index (χ0n) is 18.2. The molecule has 0 fully saturated rings. The Morgan fingerprint density at radius 2 is 1.75 bits per heavy atom. The van der Waals surface area contributed by atoms with Gasteiger partial charge in [-0.25, -0.2) is 4.79 Å². The summed E-state index contributed by atoms with van der Waals surface area (Å²) in [5, 5.41) is 0. The lowest BCUT2D eigenvalue weighted by atomic mass is 9.91. The molecular weight excluding hydrogens is 358 g/mol. The highest BCUT2D eigenvalue weighted by atomic mass is 16.6. The molecule has 0 spiro atoms. The first kappa shape index (κ1) is 24.0. The third-order valence-electron chi connectivity index (χ3n) is 4.64. The van der Waals surface area contributed by atoms with E-state index in [0.717, 1.165) is 12.0 Å². The summed E-state index contributed by atoms with van der Waals surface area (Å²) in [5.74, 6) is -0.236. The van der Waals surface area contributed by atoms with Crippen LogP contribution in [0.2, 0.25) is 0 Å². The predicted molar refractivity (Wildman–Crippen MR) is 109 cm³/mol. The van der Waals surface area contributed by atoms with Gasteiger partial charge in [-0.05, 0) is 32.3 Å². The lowest BCUT2D eigenvalue weighted by Gasteiger charge is -2.37. The second kappa shape index (κ2) is 11.1. The van der Waals surface area contributed by atoms with Crippen molar-refractivity contribution >= 4 is 12.1 Å². The Labute approximate surface area is 169 Å². The minimum atomic E-state index is -0.568. The summed E-state index contributed by atoms with van der Waals surface area (Å²) >= 11 is 0. The molecule has 6 heteroatoms. The molecule has 0 unspecified atom stereocenters. The van der Waals surface area contributed by atoms with Crippen LogP contribution in [-0.4, -0.2) is 48.9 Å². The summed E-state index contributed by atoms with van der Waals surface area (Å²) in [5.41, 5.74) is 0.350. The SMILES string of the molecule is CC[C@@H](C)[C@H]([C@H](CC(=O)OC(C)(C)C)OC)N(C)C(=O)OCc1ccccc1. The smallest absolute Gasteiger partial charge is 0.410 e. The van der Waals surface area contributed by atoms with E-state index in [2.05, 4.69) is 0 Å². The third kappa shape index (κ3) is 7.89. The van der Waals surface area contributed by atoms with E-state index in [4.69, 9.17) is 14.2 Å². The van der Waals surface area contributed by atoms with E-state index < -0.39 is 17.8 Å². The van der Waals surface area contributed by atoms with Gasteiger partial charge in [0.15, 0.2) is 0 Å². The first-order valence-electron chi connectivity index (χ1n) is 9.77. The van der Waals surface area contributed by atoms with E-state index in [1.165, 1.54) is 4.90 Å². The van der Waals surface area contributed by atoms with Crippen LogP contribution in [0.5, 0.6) is 0 Å². The van der Waals surface area contributed by atoms with Crippen molar-refractivity contribution in [3.63, 3.8) is 0 Å². The maximum atomic E-state index is 12.6. The first-order chi connectivity index (χ1) is 13.1. The van der Waals surface area contributed by atoms with Crippen molar-refractivity contribution in [3.05, 3.63) is 35.9 Å². The highest BCUT2D eigenvalue weighted by Gasteiger charge is 2.35. The highest BCUT2D eigenvalue weighted by molar-refractivity contribution is 5.71. The fourth-order valence-electron chi connectivity index (χ4n) is 3.07. The molecule has 0 aromatic heterocycles. The topological polar surface area (TPSA) is 65.1 Å². The summed E-state index contributed by atoms with van der Waals surface area (Å²) in [4.78, 5) is 26.5. The van der Waals surface area contributed by atoms with Gasteiger partial charge in [0, 0.05) is 14.2 Å². The lowest BCUT2D eigenvalue weighted by Crippen LogP contribution is -2.50. The molecule has 0 N–H and O–H groups in total. The number of hydrogen-bond acceptors (Lipinski definition) is 5. The Hall–Kier alpha value is -2.08. The van der Waals surface area contributed by atoms with Gasteiger partial charge in [-0.15, -0.1) is 0 Å². The van der Waals surface area contributed by atoms with Gasteiger partial charge in [0.1, 0.15) is 12.2 Å². The fraction of sp³-hybridized carbons (Fsp3) is 0.636. The highest BCUT2D eigenvalue weighted by Crippen LogP contribution is 2.23. The molecule has 0 aliphatic heterocycles. The Kier molecular flexibility index (Phi) is 9.46. The van der Waals surface area contributed by atoms with Crippen LogP contribution in [0.1, 0.15) is 53.0 Å². The number of carbonyl (C=O) groups is 2. The number of benzene rings is 1. The van der Waals surface area contributed by atoms with E-state index in [1.807, 2.05) is 65.0 Å². The van der Waals surface area contributed by atoms with E-state index in [9.17, 15) is 9.59 Å². The lowest BCUT2D eigenvalue weighted by molar-refractivity contribution is -0.159. The van der Waals surface area contributed by atoms with E-state index in [0.29, 0.717) is 0 Å².